The number of rotatable bonds is 0. The van der Waals surface area contributed by atoms with E-state index in [-0.39, 0.29) is 0 Å². The molecule has 0 saturated carbocycles. The number of aryl methyl sites for hydroxylation is 2. The summed E-state index contributed by atoms with van der Waals surface area (Å²) in [5, 5.41) is 1.21. The standard InChI is InChI=1S/C9H9BrN2/c1-5-3-7-4-8(10)12-6(2)9(7)11-5/h3-4,11H,1-2H3. The zero-order valence-electron chi connectivity index (χ0n) is 6.98. The Morgan fingerprint density at radius 3 is 2.83 bits per heavy atom. The van der Waals surface area contributed by atoms with Crippen LogP contribution in [0.3, 0.4) is 0 Å². The van der Waals surface area contributed by atoms with Gasteiger partial charge in [-0.25, -0.2) is 4.98 Å². The smallest absolute Gasteiger partial charge is 0.107 e. The first-order chi connectivity index (χ1) is 5.66. The van der Waals surface area contributed by atoms with Crippen molar-refractivity contribution in [2.24, 2.45) is 0 Å². The monoisotopic (exact) mass is 224 g/mol. The van der Waals surface area contributed by atoms with Gasteiger partial charge in [0.25, 0.3) is 0 Å². The summed E-state index contributed by atoms with van der Waals surface area (Å²) < 4.78 is 0.895. The highest BCUT2D eigenvalue weighted by Crippen LogP contribution is 2.20. The average molecular weight is 225 g/mol. The fourth-order valence-electron chi connectivity index (χ4n) is 1.40. The van der Waals surface area contributed by atoms with Gasteiger partial charge < -0.3 is 4.98 Å². The van der Waals surface area contributed by atoms with E-state index < -0.39 is 0 Å². The number of aromatic amines is 1. The van der Waals surface area contributed by atoms with Crippen LogP contribution in [0.4, 0.5) is 0 Å². The van der Waals surface area contributed by atoms with E-state index in [1.54, 1.807) is 0 Å². The molecule has 1 N–H and O–H groups in total. The van der Waals surface area contributed by atoms with Crippen molar-refractivity contribution in [3.05, 3.63) is 28.1 Å². The van der Waals surface area contributed by atoms with Crippen LogP contribution in [0.15, 0.2) is 16.7 Å². The van der Waals surface area contributed by atoms with E-state index >= 15 is 0 Å². The molecule has 3 heteroatoms. The summed E-state index contributed by atoms with van der Waals surface area (Å²) >= 11 is 3.37. The summed E-state index contributed by atoms with van der Waals surface area (Å²) in [6.07, 6.45) is 0. The third kappa shape index (κ3) is 1.14. The van der Waals surface area contributed by atoms with Crippen LogP contribution in [-0.4, -0.2) is 9.97 Å². The molecule has 0 unspecified atom stereocenters. The molecule has 0 aliphatic carbocycles. The topological polar surface area (TPSA) is 28.7 Å². The normalized spacial score (nSPS) is 10.9. The highest BCUT2D eigenvalue weighted by molar-refractivity contribution is 9.10. The molecule has 0 atom stereocenters. The van der Waals surface area contributed by atoms with Gasteiger partial charge in [0.2, 0.25) is 0 Å². The second kappa shape index (κ2) is 2.59. The molecular weight excluding hydrogens is 216 g/mol. The van der Waals surface area contributed by atoms with Gasteiger partial charge in [0, 0.05) is 11.1 Å². The second-order valence-corrected chi connectivity index (χ2v) is 3.76. The molecular formula is C9H9BrN2. The molecule has 0 aliphatic rings. The molecule has 2 aromatic rings. The van der Waals surface area contributed by atoms with Gasteiger partial charge in [-0.1, -0.05) is 0 Å². The fraction of sp³-hybridized carbons (Fsp3) is 0.222. The zero-order valence-corrected chi connectivity index (χ0v) is 8.57. The van der Waals surface area contributed by atoms with Crippen molar-refractivity contribution in [1.82, 2.24) is 9.97 Å². The van der Waals surface area contributed by atoms with Crippen molar-refractivity contribution in [2.45, 2.75) is 13.8 Å². The van der Waals surface area contributed by atoms with E-state index in [1.807, 2.05) is 19.9 Å². The minimum absolute atomic E-state index is 0.895. The van der Waals surface area contributed by atoms with Crippen molar-refractivity contribution in [2.75, 3.05) is 0 Å². The average Bonchev–Trinajstić information content (AvgIpc) is 2.29. The molecule has 0 fully saturated rings. The molecule has 2 nitrogen and oxygen atoms in total. The third-order valence-electron chi connectivity index (χ3n) is 1.89. The lowest BCUT2D eigenvalue weighted by Gasteiger charge is -1.95. The zero-order chi connectivity index (χ0) is 8.72. The number of hydrogen-bond acceptors (Lipinski definition) is 1. The number of nitrogens with one attached hydrogen (secondary N) is 1. The maximum Gasteiger partial charge on any atom is 0.107 e. The van der Waals surface area contributed by atoms with Crippen LogP contribution < -0.4 is 0 Å². The number of halogens is 1. The van der Waals surface area contributed by atoms with Crippen LogP contribution in [0, 0.1) is 13.8 Å². The fourth-order valence-corrected chi connectivity index (χ4v) is 1.91. The van der Waals surface area contributed by atoms with Crippen LogP contribution in [0.25, 0.3) is 10.9 Å². The third-order valence-corrected chi connectivity index (χ3v) is 2.30. The largest absolute Gasteiger partial charge is 0.357 e. The maximum atomic E-state index is 4.30. The number of H-pyrrole nitrogens is 1. The minimum atomic E-state index is 0.895. The van der Waals surface area contributed by atoms with E-state index in [4.69, 9.17) is 0 Å². The van der Waals surface area contributed by atoms with Gasteiger partial charge in [0.05, 0.1) is 11.2 Å². The molecule has 62 valence electrons. The molecule has 2 rings (SSSR count). The molecule has 0 spiro atoms. The van der Waals surface area contributed by atoms with Crippen molar-refractivity contribution in [1.29, 1.82) is 0 Å². The SMILES string of the molecule is Cc1cc2cc(Br)nc(C)c2[nH]1. The quantitative estimate of drug-likeness (QED) is 0.686. The molecule has 2 aromatic heterocycles. The lowest BCUT2D eigenvalue weighted by Crippen LogP contribution is -1.83. The maximum absolute atomic E-state index is 4.30. The Hall–Kier alpha value is -0.830. The summed E-state index contributed by atoms with van der Waals surface area (Å²) in [6, 6.07) is 4.14. The number of aromatic nitrogens is 2. The molecule has 0 bridgehead atoms. The van der Waals surface area contributed by atoms with Crippen LogP contribution in [-0.2, 0) is 0 Å². The predicted octanol–water partition coefficient (Wildman–Crippen LogP) is 2.94. The highest BCUT2D eigenvalue weighted by atomic mass is 79.9. The van der Waals surface area contributed by atoms with Gasteiger partial charge in [-0.15, -0.1) is 0 Å². The van der Waals surface area contributed by atoms with E-state index in [2.05, 4.69) is 32.0 Å². The van der Waals surface area contributed by atoms with Gasteiger partial charge in [0.1, 0.15) is 4.60 Å². The molecule has 0 saturated heterocycles. The Kier molecular flexibility index (Phi) is 1.68. The molecule has 0 radical (unpaired) electrons. The van der Waals surface area contributed by atoms with Crippen LogP contribution in [0.5, 0.6) is 0 Å². The number of nitrogens with zero attached hydrogens (tertiary/aromatic N) is 1. The summed E-state index contributed by atoms with van der Waals surface area (Å²) in [5.74, 6) is 0. The van der Waals surface area contributed by atoms with Gasteiger partial charge in [-0.3, -0.25) is 0 Å². The van der Waals surface area contributed by atoms with Crippen molar-refractivity contribution in [3.63, 3.8) is 0 Å². The summed E-state index contributed by atoms with van der Waals surface area (Å²) in [6.45, 7) is 4.05. The lowest BCUT2D eigenvalue weighted by molar-refractivity contribution is 1.18. The van der Waals surface area contributed by atoms with E-state index in [0.29, 0.717) is 0 Å². The number of pyridine rings is 1. The Balaban J connectivity index is 2.88. The summed E-state index contributed by atoms with van der Waals surface area (Å²) in [5.41, 5.74) is 3.34. The highest BCUT2D eigenvalue weighted by Gasteiger charge is 2.02. The van der Waals surface area contributed by atoms with Crippen LogP contribution in [0.2, 0.25) is 0 Å². The van der Waals surface area contributed by atoms with Gasteiger partial charge in [-0.05, 0) is 41.9 Å². The molecule has 2 heterocycles. The lowest BCUT2D eigenvalue weighted by atomic mass is 10.2. The Labute approximate surface area is 79.1 Å². The van der Waals surface area contributed by atoms with E-state index in [0.717, 1.165) is 15.8 Å². The van der Waals surface area contributed by atoms with Gasteiger partial charge in [0.15, 0.2) is 0 Å². The first-order valence-corrected chi connectivity index (χ1v) is 4.58. The Morgan fingerprint density at radius 2 is 2.08 bits per heavy atom. The first kappa shape index (κ1) is 7.80. The Bertz CT molecular complexity index is 431. The summed E-state index contributed by atoms with van der Waals surface area (Å²) in [7, 11) is 0. The Morgan fingerprint density at radius 1 is 1.33 bits per heavy atom. The minimum Gasteiger partial charge on any atom is -0.357 e. The predicted molar refractivity (Wildman–Crippen MR) is 53.3 cm³/mol. The first-order valence-electron chi connectivity index (χ1n) is 3.79. The molecule has 0 aliphatic heterocycles. The van der Waals surface area contributed by atoms with E-state index in [9.17, 15) is 0 Å². The number of fused-ring (bicyclic) bond motifs is 1. The molecule has 0 aromatic carbocycles. The van der Waals surface area contributed by atoms with Crippen molar-refractivity contribution in [3.8, 4) is 0 Å². The summed E-state index contributed by atoms with van der Waals surface area (Å²) in [4.78, 5) is 7.57. The number of hydrogen-bond donors (Lipinski definition) is 1. The van der Waals surface area contributed by atoms with Gasteiger partial charge in [-0.2, -0.15) is 0 Å². The van der Waals surface area contributed by atoms with Crippen molar-refractivity contribution >= 4 is 26.8 Å². The van der Waals surface area contributed by atoms with Crippen molar-refractivity contribution < 1.29 is 0 Å². The van der Waals surface area contributed by atoms with Crippen LogP contribution >= 0.6 is 15.9 Å². The van der Waals surface area contributed by atoms with Crippen LogP contribution in [0.1, 0.15) is 11.4 Å². The van der Waals surface area contributed by atoms with E-state index in [1.165, 1.54) is 11.1 Å². The second-order valence-electron chi connectivity index (χ2n) is 2.95. The van der Waals surface area contributed by atoms with Gasteiger partial charge >= 0.3 is 0 Å². The molecule has 0 amide bonds. The molecule has 12 heavy (non-hydrogen) atoms.